The van der Waals surface area contributed by atoms with E-state index in [4.69, 9.17) is 14.6 Å². The fourth-order valence-corrected chi connectivity index (χ4v) is 3.81. The smallest absolute Gasteiger partial charge is 0.387 e. The van der Waals surface area contributed by atoms with Gasteiger partial charge in [0, 0.05) is 17.0 Å². The highest BCUT2D eigenvalue weighted by Crippen LogP contribution is 2.48. The number of nitrogens with zero attached hydrogens (tertiary/aromatic N) is 1. The quantitative estimate of drug-likeness (QED) is 0.356. The highest BCUT2D eigenvalue weighted by molar-refractivity contribution is 6.13. The molecule has 0 aliphatic carbocycles. The second kappa shape index (κ2) is 8.93. The van der Waals surface area contributed by atoms with E-state index in [1.165, 1.54) is 22.9 Å². The summed E-state index contributed by atoms with van der Waals surface area (Å²) in [5.74, 6) is -2.25. The number of carboxylic acid groups (broad SMARTS) is 1. The number of hydrogen-bond donors (Lipinski definition) is 2. The first kappa shape index (κ1) is 22.3. The number of rotatable bonds is 8. The van der Waals surface area contributed by atoms with Crippen LogP contribution in [0, 0.1) is 5.82 Å². The van der Waals surface area contributed by atoms with Crippen molar-refractivity contribution in [3.8, 4) is 23.1 Å². The molecule has 3 aromatic carbocycles. The van der Waals surface area contributed by atoms with Gasteiger partial charge < -0.3 is 19.7 Å². The zero-order chi connectivity index (χ0) is 23.7. The molecular weight excluding hydrogens is 439 g/mol. The first-order valence-electron chi connectivity index (χ1n) is 10.2. The molecule has 1 heterocycles. The Morgan fingerprint density at radius 3 is 2.39 bits per heavy atom. The van der Waals surface area contributed by atoms with Gasteiger partial charge in [-0.1, -0.05) is 37.3 Å². The molecule has 2 N–H and O–H groups in total. The van der Waals surface area contributed by atoms with Crippen molar-refractivity contribution < 1.29 is 37.7 Å². The zero-order valence-corrected chi connectivity index (χ0v) is 17.5. The van der Waals surface area contributed by atoms with Gasteiger partial charge in [0.25, 0.3) is 0 Å². The summed E-state index contributed by atoms with van der Waals surface area (Å²) >= 11 is 0. The minimum absolute atomic E-state index is 0.00452. The lowest BCUT2D eigenvalue weighted by atomic mass is 10.0. The minimum atomic E-state index is -3.14. The minimum Gasteiger partial charge on any atom is -0.494 e. The van der Waals surface area contributed by atoms with Crippen LogP contribution < -0.4 is 9.47 Å². The van der Waals surface area contributed by atoms with E-state index < -0.39 is 30.7 Å². The molecule has 0 amide bonds. The molecule has 0 spiro atoms. The molecule has 0 fully saturated rings. The number of hydrogen-bond acceptors (Lipinski definition) is 4. The van der Waals surface area contributed by atoms with Crippen LogP contribution in [0.15, 0.2) is 48.7 Å². The van der Waals surface area contributed by atoms with Crippen molar-refractivity contribution in [2.75, 3.05) is 6.61 Å². The molecule has 6 nitrogen and oxygen atoms in total. The van der Waals surface area contributed by atoms with Crippen LogP contribution in [-0.2, 0) is 11.2 Å². The van der Waals surface area contributed by atoms with Crippen LogP contribution >= 0.6 is 0 Å². The first-order valence-corrected chi connectivity index (χ1v) is 10.2. The van der Waals surface area contributed by atoms with Crippen molar-refractivity contribution in [2.24, 2.45) is 0 Å². The van der Waals surface area contributed by atoms with E-state index in [1.807, 2.05) is 6.92 Å². The first-order chi connectivity index (χ1) is 15.8. The molecule has 0 saturated heterocycles. The van der Waals surface area contributed by atoms with E-state index in [-0.39, 0.29) is 22.4 Å². The predicted octanol–water partition coefficient (Wildman–Crippen LogP) is 5.65. The maximum Gasteiger partial charge on any atom is 0.387 e. The topological polar surface area (TPSA) is 80.9 Å². The Kier molecular flexibility index (Phi) is 6.04. The molecule has 33 heavy (non-hydrogen) atoms. The summed E-state index contributed by atoms with van der Waals surface area (Å²) in [6, 6.07) is 10.5. The summed E-state index contributed by atoms with van der Waals surface area (Å²) in [5, 5.41) is 21.1. The number of alkyl halides is 2. The largest absolute Gasteiger partial charge is 0.494 e. The number of carbonyl (C=O) groups is 1. The number of fused-ring (bicyclic) bond motifs is 2. The predicted molar refractivity (Wildman–Crippen MR) is 116 cm³/mol. The summed E-state index contributed by atoms with van der Waals surface area (Å²) in [4.78, 5) is 10.9. The average Bonchev–Trinajstić information content (AvgIpc) is 3.11. The van der Waals surface area contributed by atoms with Gasteiger partial charge in [-0.25, -0.2) is 4.39 Å². The molecular formula is C24H20F3NO5. The molecule has 172 valence electrons. The van der Waals surface area contributed by atoms with Crippen LogP contribution in [0.25, 0.3) is 27.2 Å². The van der Waals surface area contributed by atoms with Gasteiger partial charge in [0.15, 0.2) is 0 Å². The summed E-state index contributed by atoms with van der Waals surface area (Å²) in [6.07, 6.45) is 1.64. The molecule has 0 aliphatic heterocycles. The van der Waals surface area contributed by atoms with E-state index in [0.717, 1.165) is 6.07 Å². The standard InChI is InChI=1S/C24H20F3NO5/c1-2-9-32-21-15-5-3-4-6-16(15)22(33-24(26)27)20-17(21)12-28(23(20)31)14-8-7-13(10-19(29)30)18(25)11-14/h3-8,11-12,24,31H,2,9-10H2,1H3,(H,29,30). The number of ether oxygens (including phenoxy) is 2. The molecule has 4 rings (SSSR count). The Bertz CT molecular complexity index is 1350. The van der Waals surface area contributed by atoms with Gasteiger partial charge in [-0.05, 0) is 24.1 Å². The highest BCUT2D eigenvalue weighted by atomic mass is 19.3. The van der Waals surface area contributed by atoms with Gasteiger partial charge in [-0.2, -0.15) is 8.78 Å². The molecule has 0 saturated carbocycles. The van der Waals surface area contributed by atoms with Gasteiger partial charge in [0.1, 0.15) is 17.3 Å². The third kappa shape index (κ3) is 4.13. The van der Waals surface area contributed by atoms with Gasteiger partial charge in [-0.3, -0.25) is 9.36 Å². The molecule has 0 radical (unpaired) electrons. The zero-order valence-electron chi connectivity index (χ0n) is 17.5. The maximum atomic E-state index is 14.5. The van der Waals surface area contributed by atoms with E-state index >= 15 is 0 Å². The fourth-order valence-electron chi connectivity index (χ4n) is 3.81. The Hall–Kier alpha value is -3.88. The Morgan fingerprint density at radius 1 is 1.09 bits per heavy atom. The molecule has 0 atom stereocenters. The van der Waals surface area contributed by atoms with Gasteiger partial charge in [-0.15, -0.1) is 0 Å². The van der Waals surface area contributed by atoms with Crippen LogP contribution in [0.2, 0.25) is 0 Å². The fraction of sp³-hybridized carbons (Fsp3) is 0.208. The lowest BCUT2D eigenvalue weighted by Gasteiger charge is -2.15. The second-order valence-corrected chi connectivity index (χ2v) is 7.39. The van der Waals surface area contributed by atoms with Crippen LogP contribution in [0.1, 0.15) is 18.9 Å². The van der Waals surface area contributed by atoms with E-state index in [1.54, 1.807) is 24.3 Å². The Balaban J connectivity index is 2.01. The van der Waals surface area contributed by atoms with Crippen LogP contribution in [0.4, 0.5) is 13.2 Å². The number of aliphatic carboxylic acids is 1. The number of carboxylic acids is 1. The molecule has 0 bridgehead atoms. The summed E-state index contributed by atoms with van der Waals surface area (Å²) in [5.41, 5.74) is 0.144. The Morgan fingerprint density at radius 2 is 1.79 bits per heavy atom. The summed E-state index contributed by atoms with van der Waals surface area (Å²) in [7, 11) is 0. The van der Waals surface area contributed by atoms with Crippen molar-refractivity contribution in [1.29, 1.82) is 0 Å². The number of aromatic nitrogens is 1. The second-order valence-electron chi connectivity index (χ2n) is 7.39. The normalized spacial score (nSPS) is 11.4. The third-order valence-corrected chi connectivity index (χ3v) is 5.18. The SMILES string of the molecule is CCCOc1c2ccccc2c(OC(F)F)c2c(O)n(-c3ccc(CC(=O)O)c(F)c3)cc12. The number of benzene rings is 3. The molecule has 9 heteroatoms. The van der Waals surface area contributed by atoms with E-state index in [0.29, 0.717) is 34.9 Å². The number of halogens is 3. The highest BCUT2D eigenvalue weighted by Gasteiger charge is 2.25. The van der Waals surface area contributed by atoms with Crippen molar-refractivity contribution in [3.63, 3.8) is 0 Å². The monoisotopic (exact) mass is 459 g/mol. The van der Waals surface area contributed by atoms with Crippen LogP contribution in [0.5, 0.6) is 17.4 Å². The summed E-state index contributed by atoms with van der Waals surface area (Å²) in [6.45, 7) is -0.884. The van der Waals surface area contributed by atoms with E-state index in [2.05, 4.69) is 0 Å². The van der Waals surface area contributed by atoms with Crippen molar-refractivity contribution in [1.82, 2.24) is 4.57 Å². The maximum absolute atomic E-state index is 14.5. The third-order valence-electron chi connectivity index (χ3n) is 5.18. The molecule has 0 unspecified atom stereocenters. The van der Waals surface area contributed by atoms with E-state index in [9.17, 15) is 23.1 Å². The van der Waals surface area contributed by atoms with Crippen LogP contribution in [-0.4, -0.2) is 34.0 Å². The van der Waals surface area contributed by atoms with Gasteiger partial charge in [0.2, 0.25) is 5.88 Å². The lowest BCUT2D eigenvalue weighted by Crippen LogP contribution is -2.04. The number of aromatic hydroxyl groups is 1. The molecule has 0 aliphatic rings. The van der Waals surface area contributed by atoms with Crippen molar-refractivity contribution in [3.05, 3.63) is 60.0 Å². The van der Waals surface area contributed by atoms with Gasteiger partial charge in [0.05, 0.1) is 29.5 Å². The Labute approximate surface area is 186 Å². The lowest BCUT2D eigenvalue weighted by molar-refractivity contribution is -0.136. The average molecular weight is 459 g/mol. The molecule has 4 aromatic rings. The summed E-state index contributed by atoms with van der Waals surface area (Å²) < 4.78 is 53.1. The van der Waals surface area contributed by atoms with Crippen LogP contribution in [0.3, 0.4) is 0 Å². The van der Waals surface area contributed by atoms with Crippen molar-refractivity contribution >= 4 is 27.5 Å². The van der Waals surface area contributed by atoms with Crippen molar-refractivity contribution in [2.45, 2.75) is 26.4 Å². The van der Waals surface area contributed by atoms with Gasteiger partial charge >= 0.3 is 12.6 Å². The molecule has 1 aromatic heterocycles.